The molecule has 6 heteroatoms. The van der Waals surface area contributed by atoms with E-state index in [0.717, 1.165) is 46.2 Å². The van der Waals surface area contributed by atoms with Crippen LogP contribution in [-0.4, -0.2) is 27.3 Å². The van der Waals surface area contributed by atoms with Crippen molar-refractivity contribution in [3.8, 4) is 5.88 Å². The van der Waals surface area contributed by atoms with E-state index in [0.29, 0.717) is 5.88 Å². The lowest BCUT2D eigenvalue weighted by Crippen LogP contribution is -2.20. The highest BCUT2D eigenvalue weighted by Crippen LogP contribution is 2.35. The maximum Gasteiger partial charge on any atom is 0.262 e. The molecule has 0 unspecified atom stereocenters. The Morgan fingerprint density at radius 2 is 1.93 bits per heavy atom. The van der Waals surface area contributed by atoms with Crippen molar-refractivity contribution in [3.05, 3.63) is 58.8 Å². The molecule has 1 aliphatic carbocycles. The molecule has 0 bridgehead atoms. The van der Waals surface area contributed by atoms with Crippen LogP contribution in [0.2, 0.25) is 0 Å². The van der Waals surface area contributed by atoms with Gasteiger partial charge in [0.05, 0.1) is 5.39 Å². The van der Waals surface area contributed by atoms with E-state index in [9.17, 15) is 4.79 Å². The molecule has 2 aromatic heterocycles. The number of anilines is 1. The van der Waals surface area contributed by atoms with Gasteiger partial charge >= 0.3 is 0 Å². The zero-order valence-electron chi connectivity index (χ0n) is 16.7. The molecule has 0 saturated carbocycles. The van der Waals surface area contributed by atoms with Crippen LogP contribution in [0.5, 0.6) is 5.88 Å². The van der Waals surface area contributed by atoms with Gasteiger partial charge in [-0.15, -0.1) is 5.10 Å². The summed E-state index contributed by atoms with van der Waals surface area (Å²) in [6.45, 7) is 3.84. The molecule has 5 rings (SSSR count). The predicted molar refractivity (Wildman–Crippen MR) is 113 cm³/mol. The number of carbonyl (C=O) groups is 1. The average Bonchev–Trinajstić information content (AvgIpc) is 3.25. The fourth-order valence-corrected chi connectivity index (χ4v) is 4.33. The SMILES string of the molecule is Cc1cc(C)c2c(OCC(=O)Nc3ccc4c5c(cccc35)CC4)nn(C)c2n1. The van der Waals surface area contributed by atoms with Crippen molar-refractivity contribution in [2.24, 2.45) is 7.05 Å². The maximum absolute atomic E-state index is 12.6. The Morgan fingerprint density at radius 1 is 1.14 bits per heavy atom. The molecule has 1 amide bonds. The van der Waals surface area contributed by atoms with Gasteiger partial charge in [0, 0.05) is 23.8 Å². The Bertz CT molecular complexity index is 1280. The summed E-state index contributed by atoms with van der Waals surface area (Å²) >= 11 is 0. The average molecular weight is 386 g/mol. The Hall–Kier alpha value is -3.41. The van der Waals surface area contributed by atoms with Crippen molar-refractivity contribution in [2.75, 3.05) is 11.9 Å². The number of carbonyl (C=O) groups excluding carboxylic acids is 1. The van der Waals surface area contributed by atoms with Gasteiger partial charge in [-0.05, 0) is 60.9 Å². The first-order valence-corrected chi connectivity index (χ1v) is 9.78. The van der Waals surface area contributed by atoms with E-state index >= 15 is 0 Å². The second-order valence-electron chi connectivity index (χ2n) is 7.66. The van der Waals surface area contributed by atoms with Crippen molar-refractivity contribution in [1.29, 1.82) is 0 Å². The molecule has 0 radical (unpaired) electrons. The van der Waals surface area contributed by atoms with E-state index in [4.69, 9.17) is 4.74 Å². The summed E-state index contributed by atoms with van der Waals surface area (Å²) in [4.78, 5) is 17.1. The molecule has 2 heterocycles. The predicted octanol–water partition coefficient (Wildman–Crippen LogP) is 3.85. The van der Waals surface area contributed by atoms with Crippen molar-refractivity contribution < 1.29 is 9.53 Å². The molecule has 29 heavy (non-hydrogen) atoms. The molecule has 0 fully saturated rings. The maximum atomic E-state index is 12.6. The molecule has 4 aromatic rings. The molecule has 0 spiro atoms. The Kier molecular flexibility index (Phi) is 4.01. The van der Waals surface area contributed by atoms with Crippen LogP contribution in [0, 0.1) is 13.8 Å². The zero-order valence-corrected chi connectivity index (χ0v) is 16.7. The van der Waals surface area contributed by atoms with Crippen LogP contribution in [0.1, 0.15) is 22.4 Å². The number of fused-ring (bicyclic) bond motifs is 1. The van der Waals surface area contributed by atoms with Crippen LogP contribution in [0.15, 0.2) is 36.4 Å². The molecular formula is C23H22N4O2. The van der Waals surface area contributed by atoms with Gasteiger partial charge in [0.2, 0.25) is 5.88 Å². The van der Waals surface area contributed by atoms with Crippen molar-refractivity contribution in [1.82, 2.24) is 14.8 Å². The number of aryl methyl sites for hydroxylation is 5. The highest BCUT2D eigenvalue weighted by Gasteiger charge is 2.18. The van der Waals surface area contributed by atoms with Crippen LogP contribution in [-0.2, 0) is 24.7 Å². The van der Waals surface area contributed by atoms with Gasteiger partial charge in [-0.2, -0.15) is 0 Å². The van der Waals surface area contributed by atoms with E-state index in [1.807, 2.05) is 33.0 Å². The number of nitrogens with one attached hydrogen (secondary N) is 1. The largest absolute Gasteiger partial charge is 0.466 e. The summed E-state index contributed by atoms with van der Waals surface area (Å²) in [6, 6.07) is 12.4. The van der Waals surface area contributed by atoms with Gasteiger partial charge in [-0.25, -0.2) is 9.67 Å². The molecule has 2 aromatic carbocycles. The van der Waals surface area contributed by atoms with E-state index in [2.05, 4.69) is 39.7 Å². The number of ether oxygens (including phenoxy) is 1. The van der Waals surface area contributed by atoms with Crippen LogP contribution < -0.4 is 10.1 Å². The van der Waals surface area contributed by atoms with Crippen LogP contribution >= 0.6 is 0 Å². The topological polar surface area (TPSA) is 69.0 Å². The van der Waals surface area contributed by atoms with Gasteiger partial charge < -0.3 is 10.1 Å². The Labute approximate surface area is 168 Å². The monoisotopic (exact) mass is 386 g/mol. The molecule has 146 valence electrons. The molecule has 1 N–H and O–H groups in total. The van der Waals surface area contributed by atoms with E-state index in [1.165, 1.54) is 16.5 Å². The Balaban J connectivity index is 1.38. The lowest BCUT2D eigenvalue weighted by molar-refractivity contribution is -0.118. The summed E-state index contributed by atoms with van der Waals surface area (Å²) < 4.78 is 7.47. The molecule has 0 saturated heterocycles. The summed E-state index contributed by atoms with van der Waals surface area (Å²) in [7, 11) is 1.83. The first-order chi connectivity index (χ1) is 14.0. The highest BCUT2D eigenvalue weighted by molar-refractivity contribution is 6.05. The molecular weight excluding hydrogens is 364 g/mol. The van der Waals surface area contributed by atoms with Crippen molar-refractivity contribution in [2.45, 2.75) is 26.7 Å². The first-order valence-electron chi connectivity index (χ1n) is 9.78. The third kappa shape index (κ3) is 2.92. The normalized spacial score (nSPS) is 12.7. The number of amides is 1. The Morgan fingerprint density at radius 3 is 2.76 bits per heavy atom. The third-order valence-electron chi connectivity index (χ3n) is 5.58. The van der Waals surface area contributed by atoms with Gasteiger partial charge in [0.1, 0.15) is 0 Å². The number of benzene rings is 2. The number of pyridine rings is 1. The lowest BCUT2D eigenvalue weighted by atomic mass is 10.0. The van der Waals surface area contributed by atoms with Gasteiger partial charge in [-0.1, -0.05) is 24.3 Å². The lowest BCUT2D eigenvalue weighted by Gasteiger charge is -2.11. The summed E-state index contributed by atoms with van der Waals surface area (Å²) in [5.74, 6) is 0.225. The number of hydrogen-bond donors (Lipinski definition) is 1. The molecule has 0 atom stereocenters. The third-order valence-corrected chi connectivity index (χ3v) is 5.58. The minimum atomic E-state index is -0.208. The molecule has 6 nitrogen and oxygen atoms in total. The zero-order chi connectivity index (χ0) is 20.1. The quantitative estimate of drug-likeness (QED) is 0.578. The number of nitrogens with zero attached hydrogens (tertiary/aromatic N) is 3. The van der Waals surface area contributed by atoms with E-state index in [-0.39, 0.29) is 12.5 Å². The second-order valence-corrected chi connectivity index (χ2v) is 7.66. The van der Waals surface area contributed by atoms with Crippen LogP contribution in [0.4, 0.5) is 5.69 Å². The van der Waals surface area contributed by atoms with Gasteiger partial charge in [-0.3, -0.25) is 4.79 Å². The van der Waals surface area contributed by atoms with Crippen LogP contribution in [0.3, 0.4) is 0 Å². The first kappa shape index (κ1) is 17.7. The minimum Gasteiger partial charge on any atom is -0.466 e. The summed E-state index contributed by atoms with van der Waals surface area (Å²) in [6.07, 6.45) is 2.12. The van der Waals surface area contributed by atoms with E-state index in [1.54, 1.807) is 4.68 Å². The van der Waals surface area contributed by atoms with Gasteiger partial charge in [0.25, 0.3) is 5.91 Å². The summed E-state index contributed by atoms with van der Waals surface area (Å²) in [5, 5.41) is 10.6. The fourth-order valence-electron chi connectivity index (χ4n) is 4.33. The number of rotatable bonds is 4. The number of aromatic nitrogens is 3. The number of hydrogen-bond acceptors (Lipinski definition) is 4. The standard InChI is InChI=1S/C23H22N4O2/c1-13-11-14(2)24-22-20(13)23(26-27(22)3)29-12-19(28)25-18-10-9-16-8-7-15-5-4-6-17(18)21(15)16/h4-6,9-11H,7-8,12H2,1-3H3,(H,25,28). The minimum absolute atomic E-state index is 0.109. The van der Waals surface area contributed by atoms with E-state index < -0.39 is 0 Å². The van der Waals surface area contributed by atoms with Crippen molar-refractivity contribution in [3.63, 3.8) is 0 Å². The van der Waals surface area contributed by atoms with Gasteiger partial charge in [0.15, 0.2) is 12.3 Å². The van der Waals surface area contributed by atoms with Crippen molar-refractivity contribution >= 4 is 33.4 Å². The summed E-state index contributed by atoms with van der Waals surface area (Å²) in [5.41, 5.74) is 6.23. The fraction of sp³-hybridized carbons (Fsp3) is 0.261. The molecule has 0 aliphatic heterocycles. The smallest absolute Gasteiger partial charge is 0.262 e. The highest BCUT2D eigenvalue weighted by atomic mass is 16.5. The second kappa shape index (κ2) is 6.58. The van der Waals surface area contributed by atoms with Crippen LogP contribution in [0.25, 0.3) is 21.8 Å². The molecule has 1 aliphatic rings.